The van der Waals surface area contributed by atoms with Gasteiger partial charge in [-0.3, -0.25) is 9.69 Å². The molecule has 0 aromatic rings. The second-order valence-electron chi connectivity index (χ2n) is 8.47. The van der Waals surface area contributed by atoms with E-state index >= 15 is 0 Å². The smallest absolute Gasteiger partial charge is 0.242 e. The Morgan fingerprint density at radius 2 is 2.14 bits per heavy atom. The molecule has 0 radical (unpaired) electrons. The van der Waals surface area contributed by atoms with E-state index in [4.69, 9.17) is 4.43 Å². The number of likely N-dealkylation sites (N-methyl/N-ethyl adjacent to an activating group) is 1. The summed E-state index contributed by atoms with van der Waals surface area (Å²) in [5, 5.41) is 3.25. The van der Waals surface area contributed by atoms with E-state index in [1.165, 1.54) is 0 Å². The van der Waals surface area contributed by atoms with Crippen LogP contribution in [0.2, 0.25) is 18.1 Å². The lowest BCUT2D eigenvalue weighted by molar-refractivity contribution is -0.125. The predicted molar refractivity (Wildman–Crippen MR) is 91.0 cm³/mol. The molecule has 5 heteroatoms. The van der Waals surface area contributed by atoms with Gasteiger partial charge in [0.05, 0.1) is 6.04 Å². The summed E-state index contributed by atoms with van der Waals surface area (Å²) in [6, 6.07) is 0.251. The fraction of sp³-hybridized carbons (Fsp3) is 0.824. The average Bonchev–Trinajstić information content (AvgIpc) is 2.96. The first-order valence-electron chi connectivity index (χ1n) is 8.57. The minimum absolute atomic E-state index is 0.114. The largest absolute Gasteiger partial charge is 0.401 e. The molecule has 1 aliphatic carbocycles. The number of rotatable bonds is 4. The molecule has 0 aromatic carbocycles. The molecule has 1 amide bonds. The number of piperidine rings is 1. The number of nitrogens with zero attached hydrogens (tertiary/aromatic N) is 1. The van der Waals surface area contributed by atoms with Gasteiger partial charge in [0.15, 0.2) is 8.32 Å². The molecule has 5 atom stereocenters. The molecule has 2 aliphatic heterocycles. The zero-order valence-corrected chi connectivity index (χ0v) is 15.8. The van der Waals surface area contributed by atoms with Gasteiger partial charge >= 0.3 is 0 Å². The van der Waals surface area contributed by atoms with Crippen molar-refractivity contribution in [1.82, 2.24) is 10.2 Å². The molecule has 3 aliphatic rings. The minimum atomic E-state index is -1.82. The third-order valence-electron chi connectivity index (χ3n) is 6.21. The number of amides is 1. The van der Waals surface area contributed by atoms with Crippen molar-refractivity contribution in [3.63, 3.8) is 0 Å². The van der Waals surface area contributed by atoms with Crippen LogP contribution in [0.25, 0.3) is 0 Å². The van der Waals surface area contributed by atoms with Gasteiger partial charge in [-0.15, -0.1) is 0 Å². The third-order valence-corrected chi connectivity index (χ3v) is 10.7. The maximum atomic E-state index is 12.7. The summed E-state index contributed by atoms with van der Waals surface area (Å²) in [5.74, 6) is 0.611. The van der Waals surface area contributed by atoms with Crippen molar-refractivity contribution in [3.05, 3.63) is 12.2 Å². The van der Waals surface area contributed by atoms with E-state index < -0.39 is 8.32 Å². The Kier molecular flexibility index (Phi) is 3.63. The highest BCUT2D eigenvalue weighted by atomic mass is 28.4. The molecular formula is C17H30N2O2Si. The van der Waals surface area contributed by atoms with Crippen molar-refractivity contribution in [2.45, 2.75) is 76.5 Å². The van der Waals surface area contributed by atoms with Crippen LogP contribution < -0.4 is 5.32 Å². The van der Waals surface area contributed by atoms with Gasteiger partial charge in [-0.25, -0.2) is 0 Å². The maximum Gasteiger partial charge on any atom is 0.242 e. The SMILES string of the molecule is CCNC(=O)[C@]12[C@@H]3CC=C[C@H]1N2[C@@H](O[Si](C)(C)C(C)(C)C)C3. The Morgan fingerprint density at radius 3 is 2.68 bits per heavy atom. The summed E-state index contributed by atoms with van der Waals surface area (Å²) in [6.45, 7) is 14.1. The van der Waals surface area contributed by atoms with Gasteiger partial charge in [0.25, 0.3) is 0 Å². The summed E-state index contributed by atoms with van der Waals surface area (Å²) >= 11 is 0. The predicted octanol–water partition coefficient (Wildman–Crippen LogP) is 2.87. The normalized spacial score (nSPS) is 39.5. The van der Waals surface area contributed by atoms with E-state index in [-0.39, 0.29) is 28.8 Å². The van der Waals surface area contributed by atoms with Gasteiger partial charge in [-0.1, -0.05) is 32.9 Å². The van der Waals surface area contributed by atoms with Gasteiger partial charge < -0.3 is 9.74 Å². The Bertz CT molecular complexity index is 511. The molecular weight excluding hydrogens is 292 g/mol. The molecule has 2 heterocycles. The molecule has 0 spiro atoms. The fourth-order valence-corrected chi connectivity index (χ4v) is 5.25. The second-order valence-corrected chi connectivity index (χ2v) is 13.2. The summed E-state index contributed by atoms with van der Waals surface area (Å²) in [4.78, 5) is 15.0. The van der Waals surface area contributed by atoms with Gasteiger partial charge in [-0.05, 0) is 43.8 Å². The highest BCUT2D eigenvalue weighted by molar-refractivity contribution is 6.74. The zero-order chi connectivity index (χ0) is 16.3. The van der Waals surface area contributed by atoms with Crippen LogP contribution in [0.5, 0.6) is 0 Å². The Hall–Kier alpha value is -0.653. The molecule has 2 saturated heterocycles. The molecule has 1 unspecified atom stereocenters. The van der Waals surface area contributed by atoms with Crippen LogP contribution in [-0.4, -0.2) is 43.5 Å². The van der Waals surface area contributed by atoms with Crippen LogP contribution in [0.4, 0.5) is 0 Å². The van der Waals surface area contributed by atoms with Crippen molar-refractivity contribution in [1.29, 1.82) is 0 Å². The highest BCUT2D eigenvalue weighted by Gasteiger charge is 2.77. The van der Waals surface area contributed by atoms with Gasteiger partial charge in [0.1, 0.15) is 11.8 Å². The molecule has 0 aromatic heterocycles. The minimum Gasteiger partial charge on any atom is -0.401 e. The van der Waals surface area contributed by atoms with Crippen molar-refractivity contribution in [3.8, 4) is 0 Å². The fourth-order valence-electron chi connectivity index (χ4n) is 4.00. The van der Waals surface area contributed by atoms with Crippen LogP contribution in [0.15, 0.2) is 12.2 Å². The number of nitrogens with one attached hydrogen (secondary N) is 1. The van der Waals surface area contributed by atoms with Gasteiger partial charge in [0, 0.05) is 6.54 Å². The molecule has 22 heavy (non-hydrogen) atoms. The Labute approximate surface area is 135 Å². The van der Waals surface area contributed by atoms with Gasteiger partial charge in [0.2, 0.25) is 5.91 Å². The van der Waals surface area contributed by atoms with Crippen LogP contribution >= 0.6 is 0 Å². The highest BCUT2D eigenvalue weighted by Crippen LogP contribution is 2.61. The summed E-state index contributed by atoms with van der Waals surface area (Å²) in [6.07, 6.45) is 6.57. The number of hydrogen-bond acceptors (Lipinski definition) is 3. The van der Waals surface area contributed by atoms with Crippen LogP contribution in [-0.2, 0) is 9.22 Å². The molecule has 3 rings (SSSR count). The standard InChI is InChI=1S/C17H30N2O2Si/c1-7-18-15(20)17-12-9-8-10-13(17)19(17)14(11-12)21-22(5,6)16(2,3)4/h8,10,12-14H,7,9,11H2,1-6H3,(H,18,20)/t12-,13-,14+,17+,19?/m1/s1. The first kappa shape index (κ1) is 16.2. The molecule has 124 valence electrons. The van der Waals surface area contributed by atoms with E-state index in [9.17, 15) is 4.79 Å². The molecule has 2 fully saturated rings. The number of allylic oxidation sites excluding steroid dienone is 1. The summed E-state index contributed by atoms with van der Waals surface area (Å²) in [7, 11) is -1.82. The van der Waals surface area contributed by atoms with Crippen LogP contribution in [0, 0.1) is 5.92 Å². The number of hydrogen-bond donors (Lipinski definition) is 1. The lowest BCUT2D eigenvalue weighted by Crippen LogP contribution is -2.46. The maximum absolute atomic E-state index is 12.7. The van der Waals surface area contributed by atoms with E-state index in [2.05, 4.69) is 56.2 Å². The lowest BCUT2D eigenvalue weighted by atomic mass is 9.80. The van der Waals surface area contributed by atoms with E-state index in [0.29, 0.717) is 12.5 Å². The van der Waals surface area contributed by atoms with Crippen LogP contribution in [0.1, 0.15) is 40.5 Å². The zero-order valence-electron chi connectivity index (χ0n) is 14.8. The molecule has 0 bridgehead atoms. The quantitative estimate of drug-likeness (QED) is 0.491. The van der Waals surface area contributed by atoms with Crippen LogP contribution in [0.3, 0.4) is 0 Å². The average molecular weight is 323 g/mol. The molecule has 1 N–H and O–H groups in total. The van der Waals surface area contributed by atoms with Gasteiger partial charge in [-0.2, -0.15) is 0 Å². The number of carbonyl (C=O) groups is 1. The van der Waals surface area contributed by atoms with Crippen molar-refractivity contribution in [2.75, 3.05) is 6.54 Å². The lowest BCUT2D eigenvalue weighted by Gasteiger charge is -2.39. The monoisotopic (exact) mass is 322 g/mol. The van der Waals surface area contributed by atoms with E-state index in [1.807, 2.05) is 6.92 Å². The van der Waals surface area contributed by atoms with Crippen molar-refractivity contribution in [2.24, 2.45) is 5.92 Å². The molecule has 4 nitrogen and oxygen atoms in total. The second kappa shape index (κ2) is 4.92. The first-order chi connectivity index (χ1) is 10.2. The number of carbonyl (C=O) groups excluding carboxylic acids is 1. The van der Waals surface area contributed by atoms with E-state index in [1.54, 1.807) is 0 Å². The number of fused-ring (bicyclic) bond motifs is 1. The Balaban J connectivity index is 1.82. The summed E-state index contributed by atoms with van der Waals surface area (Å²) < 4.78 is 6.66. The summed E-state index contributed by atoms with van der Waals surface area (Å²) in [5.41, 5.74) is -0.308. The van der Waals surface area contributed by atoms with E-state index in [0.717, 1.165) is 12.8 Å². The molecule has 0 saturated carbocycles. The van der Waals surface area contributed by atoms with Crippen molar-refractivity contribution >= 4 is 14.2 Å². The Morgan fingerprint density at radius 1 is 1.45 bits per heavy atom. The topological polar surface area (TPSA) is 41.3 Å². The van der Waals surface area contributed by atoms with Crippen molar-refractivity contribution < 1.29 is 9.22 Å². The first-order valence-corrected chi connectivity index (χ1v) is 11.5. The third kappa shape index (κ3) is 2.05.